The van der Waals surface area contributed by atoms with Gasteiger partial charge in [0.1, 0.15) is 10.1 Å². The number of hydrogen-bond acceptors (Lipinski definition) is 3. The molecule has 3 aromatic rings. The average molecular weight is 509 g/mol. The lowest BCUT2D eigenvalue weighted by molar-refractivity contribution is 0.464. The Morgan fingerprint density at radius 1 is 0.950 bits per heavy atom. The number of rotatable bonds is 1. The Bertz CT molecular complexity index is 949. The van der Waals surface area contributed by atoms with Gasteiger partial charge in [-0.15, -0.1) is 0 Å². The summed E-state index contributed by atoms with van der Waals surface area (Å²) in [4.78, 5) is -0.153. The van der Waals surface area contributed by atoms with E-state index >= 15 is 0 Å². The highest BCUT2D eigenvalue weighted by atomic mass is 127. The summed E-state index contributed by atoms with van der Waals surface area (Å²) in [5.41, 5.74) is 0. The molecule has 6 heteroatoms. The van der Waals surface area contributed by atoms with Crippen LogP contribution in [0.4, 0.5) is 0 Å². The Balaban J connectivity index is 2.65. The monoisotopic (exact) mass is 509 g/mol. The zero-order chi connectivity index (χ0) is 14.5. The molecular weight excluding hydrogens is 502 g/mol. The van der Waals surface area contributed by atoms with Gasteiger partial charge in [-0.05, 0) is 85.6 Å². The molecule has 3 aromatic carbocycles. The van der Waals surface area contributed by atoms with E-state index < -0.39 is 10.1 Å². The van der Waals surface area contributed by atoms with Gasteiger partial charge < -0.3 is 4.55 Å². The van der Waals surface area contributed by atoms with Crippen LogP contribution in [0.5, 0.6) is 0 Å². The maximum absolute atomic E-state index is 11.5. The van der Waals surface area contributed by atoms with Gasteiger partial charge in [0, 0.05) is 12.5 Å². The Hall–Kier alpha value is -0.450. The molecular formula is C14H7I2O3S-. The first-order valence-electron chi connectivity index (χ1n) is 5.64. The normalized spacial score (nSPS) is 12.2. The molecule has 0 aliphatic carbocycles. The summed E-state index contributed by atoms with van der Waals surface area (Å²) in [7, 11) is -4.50. The van der Waals surface area contributed by atoms with Crippen LogP contribution in [0.25, 0.3) is 21.5 Å². The minimum atomic E-state index is -4.50. The molecule has 3 nitrogen and oxygen atoms in total. The maximum Gasteiger partial charge on any atom is 0.125 e. The van der Waals surface area contributed by atoms with Crippen LogP contribution in [-0.4, -0.2) is 13.0 Å². The fourth-order valence-electron chi connectivity index (χ4n) is 2.31. The fourth-order valence-corrected chi connectivity index (χ4v) is 4.33. The average Bonchev–Trinajstić information content (AvgIpc) is 2.36. The van der Waals surface area contributed by atoms with Gasteiger partial charge in [-0.25, -0.2) is 8.42 Å². The molecule has 102 valence electrons. The Morgan fingerprint density at radius 2 is 1.70 bits per heavy atom. The van der Waals surface area contributed by atoms with Gasteiger partial charge in [0.25, 0.3) is 0 Å². The lowest BCUT2D eigenvalue weighted by Crippen LogP contribution is -2.00. The highest BCUT2D eigenvalue weighted by Gasteiger charge is 2.13. The minimum absolute atomic E-state index is 0.153. The molecule has 0 fully saturated rings. The van der Waals surface area contributed by atoms with Crippen molar-refractivity contribution in [1.29, 1.82) is 0 Å². The molecule has 0 N–H and O–H groups in total. The first-order valence-corrected chi connectivity index (χ1v) is 9.21. The number of halogens is 2. The summed E-state index contributed by atoms with van der Waals surface area (Å²) in [5.74, 6) is 0. The van der Waals surface area contributed by atoms with E-state index in [1.807, 2.05) is 30.3 Å². The van der Waals surface area contributed by atoms with Gasteiger partial charge in [0.2, 0.25) is 0 Å². The molecule has 0 saturated carbocycles. The summed E-state index contributed by atoms with van der Waals surface area (Å²) in [6.07, 6.45) is 0. The predicted octanol–water partition coefficient (Wildman–Crippen LogP) is 4.11. The minimum Gasteiger partial charge on any atom is -0.744 e. The zero-order valence-corrected chi connectivity index (χ0v) is 15.1. The molecule has 0 amide bonds. The van der Waals surface area contributed by atoms with Gasteiger partial charge in [-0.1, -0.05) is 18.2 Å². The third-order valence-corrected chi connectivity index (χ3v) is 5.56. The van der Waals surface area contributed by atoms with Crippen LogP contribution in [0.3, 0.4) is 0 Å². The predicted molar refractivity (Wildman–Crippen MR) is 94.9 cm³/mol. The SMILES string of the molecule is O=S(=O)([O-])c1cccc2c(I)cc3cc(I)ccc3c12. The van der Waals surface area contributed by atoms with Crippen molar-refractivity contribution in [3.05, 3.63) is 49.6 Å². The molecule has 20 heavy (non-hydrogen) atoms. The van der Waals surface area contributed by atoms with Crippen LogP contribution in [0, 0.1) is 7.14 Å². The Morgan fingerprint density at radius 3 is 2.40 bits per heavy atom. The quantitative estimate of drug-likeness (QED) is 0.282. The Kier molecular flexibility index (Phi) is 3.68. The molecule has 0 heterocycles. The number of hydrogen-bond donors (Lipinski definition) is 0. The molecule has 0 aromatic heterocycles. The van der Waals surface area contributed by atoms with Crippen molar-refractivity contribution < 1.29 is 13.0 Å². The molecule has 0 radical (unpaired) electrons. The zero-order valence-electron chi connectivity index (χ0n) is 9.93. The van der Waals surface area contributed by atoms with Gasteiger partial charge in [0.15, 0.2) is 0 Å². The smallest absolute Gasteiger partial charge is 0.125 e. The topological polar surface area (TPSA) is 57.2 Å². The molecule has 3 rings (SSSR count). The van der Waals surface area contributed by atoms with Crippen LogP contribution in [-0.2, 0) is 10.1 Å². The van der Waals surface area contributed by atoms with Crippen LogP contribution >= 0.6 is 45.2 Å². The molecule has 0 unspecified atom stereocenters. The molecule has 0 bridgehead atoms. The van der Waals surface area contributed by atoms with E-state index in [1.54, 1.807) is 6.07 Å². The first-order chi connectivity index (χ1) is 9.38. The molecule has 0 saturated heterocycles. The standard InChI is InChI=1S/C14H8I2O3S/c15-9-4-5-10-8(6-9)7-12(16)11-2-1-3-13(14(10)11)20(17,18)19/h1-7H,(H,17,18,19)/p-1. The summed E-state index contributed by atoms with van der Waals surface area (Å²) < 4.78 is 36.5. The number of fused-ring (bicyclic) bond motifs is 3. The maximum atomic E-state index is 11.5. The second kappa shape index (κ2) is 5.08. The van der Waals surface area contributed by atoms with Gasteiger partial charge in [-0.2, -0.15) is 0 Å². The largest absolute Gasteiger partial charge is 0.744 e. The van der Waals surface area contributed by atoms with Crippen LogP contribution in [0.15, 0.2) is 47.4 Å². The second-order valence-corrected chi connectivity index (χ2v) is 8.11. The summed E-state index contributed by atoms with van der Waals surface area (Å²) in [6.45, 7) is 0. The summed E-state index contributed by atoms with van der Waals surface area (Å²) in [6, 6.07) is 12.6. The van der Waals surface area contributed by atoms with E-state index in [0.29, 0.717) is 5.39 Å². The molecule has 0 spiro atoms. The first kappa shape index (κ1) is 14.5. The number of benzene rings is 3. The Labute approximate surface area is 143 Å². The molecule has 0 aliphatic rings. The van der Waals surface area contributed by atoms with Crippen molar-refractivity contribution in [3.63, 3.8) is 0 Å². The van der Waals surface area contributed by atoms with Crippen molar-refractivity contribution in [3.8, 4) is 0 Å². The van der Waals surface area contributed by atoms with Crippen LogP contribution in [0.1, 0.15) is 0 Å². The third-order valence-electron chi connectivity index (χ3n) is 3.12. The fraction of sp³-hybridized carbons (Fsp3) is 0. The highest BCUT2D eigenvalue weighted by Crippen LogP contribution is 2.34. The van der Waals surface area contributed by atoms with Gasteiger partial charge in [-0.3, -0.25) is 0 Å². The lowest BCUT2D eigenvalue weighted by Gasteiger charge is -2.14. The summed E-state index contributed by atoms with van der Waals surface area (Å²) in [5, 5.41) is 3.03. The van der Waals surface area contributed by atoms with Crippen molar-refractivity contribution in [2.24, 2.45) is 0 Å². The van der Waals surface area contributed by atoms with Crippen molar-refractivity contribution >= 4 is 76.8 Å². The second-order valence-electron chi connectivity index (χ2n) is 4.36. The van der Waals surface area contributed by atoms with Gasteiger partial charge in [0.05, 0.1) is 4.90 Å². The van der Waals surface area contributed by atoms with Gasteiger partial charge >= 0.3 is 0 Å². The highest BCUT2D eigenvalue weighted by molar-refractivity contribution is 14.1. The van der Waals surface area contributed by atoms with E-state index in [2.05, 4.69) is 45.2 Å². The van der Waals surface area contributed by atoms with E-state index in [0.717, 1.165) is 23.3 Å². The summed E-state index contributed by atoms with van der Waals surface area (Å²) >= 11 is 4.37. The van der Waals surface area contributed by atoms with E-state index in [9.17, 15) is 13.0 Å². The van der Waals surface area contributed by atoms with E-state index in [-0.39, 0.29) is 4.90 Å². The van der Waals surface area contributed by atoms with Crippen molar-refractivity contribution in [1.82, 2.24) is 0 Å². The van der Waals surface area contributed by atoms with Crippen LogP contribution in [0.2, 0.25) is 0 Å². The van der Waals surface area contributed by atoms with E-state index in [1.165, 1.54) is 6.07 Å². The molecule has 0 aliphatic heterocycles. The third kappa shape index (κ3) is 2.42. The molecule has 0 atom stereocenters. The van der Waals surface area contributed by atoms with Crippen molar-refractivity contribution in [2.45, 2.75) is 4.90 Å². The van der Waals surface area contributed by atoms with Crippen molar-refractivity contribution in [2.75, 3.05) is 0 Å². The van der Waals surface area contributed by atoms with E-state index in [4.69, 9.17) is 0 Å². The van der Waals surface area contributed by atoms with Crippen LogP contribution < -0.4 is 0 Å². The lowest BCUT2D eigenvalue weighted by atomic mass is 10.0.